The van der Waals surface area contributed by atoms with Crippen LogP contribution >= 0.6 is 0 Å². The summed E-state index contributed by atoms with van der Waals surface area (Å²) in [5.41, 5.74) is 1.16. The van der Waals surface area contributed by atoms with E-state index in [1.54, 1.807) is 7.11 Å². The van der Waals surface area contributed by atoms with E-state index < -0.39 is 0 Å². The maximum atomic E-state index is 6.13. The van der Waals surface area contributed by atoms with Crippen LogP contribution in [0.4, 0.5) is 0 Å². The lowest BCUT2D eigenvalue weighted by Crippen LogP contribution is -2.25. The smallest absolute Gasteiger partial charge is 0.119 e. The summed E-state index contributed by atoms with van der Waals surface area (Å²) in [5, 5.41) is 3.20. The van der Waals surface area contributed by atoms with E-state index in [0.29, 0.717) is 5.92 Å². The summed E-state index contributed by atoms with van der Waals surface area (Å²) in [6.45, 7) is 3.33. The summed E-state index contributed by atoms with van der Waals surface area (Å²) in [6.07, 6.45) is 2.27. The highest BCUT2D eigenvalue weighted by Crippen LogP contribution is 2.24. The summed E-state index contributed by atoms with van der Waals surface area (Å²) < 4.78 is 16.8. The van der Waals surface area contributed by atoms with Crippen molar-refractivity contribution in [2.45, 2.75) is 18.9 Å². The van der Waals surface area contributed by atoms with Crippen molar-refractivity contribution in [1.29, 1.82) is 0 Å². The molecule has 1 fully saturated rings. The molecule has 4 heteroatoms. The van der Waals surface area contributed by atoms with Gasteiger partial charge in [0.15, 0.2) is 0 Å². The van der Waals surface area contributed by atoms with Gasteiger partial charge in [0, 0.05) is 19.8 Å². The first-order valence-electron chi connectivity index (χ1n) is 7.31. The first-order chi connectivity index (χ1) is 9.83. The zero-order chi connectivity index (χ0) is 14.2. The van der Waals surface area contributed by atoms with Gasteiger partial charge in [0.2, 0.25) is 0 Å². The number of ether oxygens (including phenoxy) is 3. The van der Waals surface area contributed by atoms with E-state index in [1.165, 1.54) is 0 Å². The van der Waals surface area contributed by atoms with Crippen molar-refractivity contribution in [3.63, 3.8) is 0 Å². The van der Waals surface area contributed by atoms with Crippen LogP contribution in [0.15, 0.2) is 24.3 Å². The maximum Gasteiger partial charge on any atom is 0.119 e. The molecule has 1 atom stereocenters. The molecule has 1 aromatic rings. The molecule has 1 unspecified atom stereocenters. The fourth-order valence-electron chi connectivity index (χ4n) is 2.47. The normalized spacial score (nSPS) is 17.9. The third-order valence-electron chi connectivity index (χ3n) is 3.73. The van der Waals surface area contributed by atoms with Crippen LogP contribution in [0.25, 0.3) is 0 Å². The monoisotopic (exact) mass is 279 g/mol. The molecule has 1 heterocycles. The van der Waals surface area contributed by atoms with Gasteiger partial charge in [-0.25, -0.2) is 0 Å². The van der Waals surface area contributed by atoms with Crippen LogP contribution in [-0.2, 0) is 9.47 Å². The third-order valence-corrected chi connectivity index (χ3v) is 3.73. The second kappa shape index (κ2) is 8.25. The summed E-state index contributed by atoms with van der Waals surface area (Å²) in [5.74, 6) is 1.49. The van der Waals surface area contributed by atoms with E-state index >= 15 is 0 Å². The number of benzene rings is 1. The van der Waals surface area contributed by atoms with Gasteiger partial charge < -0.3 is 19.5 Å². The Bertz CT molecular complexity index is 391. The van der Waals surface area contributed by atoms with Gasteiger partial charge in [-0.3, -0.25) is 0 Å². The van der Waals surface area contributed by atoms with E-state index in [9.17, 15) is 0 Å². The molecule has 1 aromatic carbocycles. The molecule has 1 saturated heterocycles. The van der Waals surface area contributed by atoms with Crippen molar-refractivity contribution < 1.29 is 14.2 Å². The van der Waals surface area contributed by atoms with Crippen LogP contribution in [0.2, 0.25) is 0 Å². The van der Waals surface area contributed by atoms with Gasteiger partial charge >= 0.3 is 0 Å². The number of likely N-dealkylation sites (N-methyl/N-ethyl adjacent to an activating group) is 1. The van der Waals surface area contributed by atoms with Gasteiger partial charge in [0.05, 0.1) is 19.8 Å². The van der Waals surface area contributed by atoms with Crippen molar-refractivity contribution in [2.24, 2.45) is 5.92 Å². The van der Waals surface area contributed by atoms with Gasteiger partial charge in [-0.1, -0.05) is 12.1 Å². The molecule has 0 aromatic heterocycles. The van der Waals surface area contributed by atoms with Gasteiger partial charge in [0.1, 0.15) is 5.75 Å². The van der Waals surface area contributed by atoms with E-state index in [-0.39, 0.29) is 6.10 Å². The molecule has 1 N–H and O–H groups in total. The number of hydrogen-bond donors (Lipinski definition) is 1. The van der Waals surface area contributed by atoms with Gasteiger partial charge in [-0.2, -0.15) is 0 Å². The molecule has 0 radical (unpaired) electrons. The van der Waals surface area contributed by atoms with Crippen LogP contribution in [-0.4, -0.2) is 40.5 Å². The second-order valence-electron chi connectivity index (χ2n) is 5.21. The zero-order valence-electron chi connectivity index (χ0n) is 12.4. The molecule has 0 amide bonds. The fraction of sp³-hybridized carbons (Fsp3) is 0.625. The highest BCUT2D eigenvalue weighted by Gasteiger charge is 2.18. The number of hydrogen-bond acceptors (Lipinski definition) is 4. The molecule has 0 aliphatic carbocycles. The van der Waals surface area contributed by atoms with Crippen molar-refractivity contribution in [1.82, 2.24) is 5.32 Å². The zero-order valence-corrected chi connectivity index (χ0v) is 12.4. The summed E-state index contributed by atoms with van der Waals surface area (Å²) in [7, 11) is 3.64. The Labute approximate surface area is 121 Å². The summed E-state index contributed by atoms with van der Waals surface area (Å²) in [6, 6.07) is 8.10. The van der Waals surface area contributed by atoms with Crippen molar-refractivity contribution >= 4 is 0 Å². The summed E-state index contributed by atoms with van der Waals surface area (Å²) in [4.78, 5) is 0. The molecule has 0 bridgehead atoms. The molecule has 4 nitrogen and oxygen atoms in total. The number of rotatable bonds is 7. The predicted octanol–water partition coefficient (Wildman–Crippen LogP) is 2.40. The number of methoxy groups -OCH3 is 1. The Morgan fingerprint density at radius 1 is 1.35 bits per heavy atom. The highest BCUT2D eigenvalue weighted by molar-refractivity contribution is 5.30. The average molecular weight is 279 g/mol. The van der Waals surface area contributed by atoms with Crippen molar-refractivity contribution in [3.05, 3.63) is 29.8 Å². The topological polar surface area (TPSA) is 39.7 Å². The van der Waals surface area contributed by atoms with Crippen molar-refractivity contribution in [3.8, 4) is 5.75 Å². The lowest BCUT2D eigenvalue weighted by molar-refractivity contribution is -0.0109. The Morgan fingerprint density at radius 3 is 2.85 bits per heavy atom. The molecular weight excluding hydrogens is 254 g/mol. The molecule has 112 valence electrons. The molecule has 20 heavy (non-hydrogen) atoms. The number of nitrogens with one attached hydrogen (secondary N) is 1. The maximum absolute atomic E-state index is 6.13. The Balaban J connectivity index is 1.94. The van der Waals surface area contributed by atoms with Crippen LogP contribution in [0.5, 0.6) is 5.75 Å². The quantitative estimate of drug-likeness (QED) is 0.832. The second-order valence-corrected chi connectivity index (χ2v) is 5.21. The van der Waals surface area contributed by atoms with Gasteiger partial charge in [0.25, 0.3) is 0 Å². The minimum atomic E-state index is 0.0675. The molecule has 2 rings (SSSR count). The lowest BCUT2D eigenvalue weighted by Gasteiger charge is -2.25. The standard InChI is InChI=1S/C16H25NO3/c1-17-11-16(14-4-3-5-15(10-14)18-2)20-12-13-6-8-19-9-7-13/h3-5,10,13,16-17H,6-9,11-12H2,1-2H3. The van der Waals surface area contributed by atoms with Gasteiger partial charge in [-0.15, -0.1) is 0 Å². The SMILES string of the molecule is CNCC(OCC1CCOCC1)c1cccc(OC)c1. The van der Waals surface area contributed by atoms with E-state index in [2.05, 4.69) is 11.4 Å². The first-order valence-corrected chi connectivity index (χ1v) is 7.31. The molecule has 1 aliphatic rings. The Kier molecular flexibility index (Phi) is 6.30. The fourth-order valence-corrected chi connectivity index (χ4v) is 2.47. The molecule has 0 saturated carbocycles. The van der Waals surface area contributed by atoms with Crippen LogP contribution < -0.4 is 10.1 Å². The Morgan fingerprint density at radius 2 is 2.15 bits per heavy atom. The highest BCUT2D eigenvalue weighted by atomic mass is 16.5. The van der Waals surface area contributed by atoms with Crippen LogP contribution in [0.1, 0.15) is 24.5 Å². The predicted molar refractivity (Wildman–Crippen MR) is 79.2 cm³/mol. The average Bonchev–Trinajstić information content (AvgIpc) is 2.52. The van der Waals surface area contributed by atoms with Crippen LogP contribution in [0, 0.1) is 5.92 Å². The van der Waals surface area contributed by atoms with Crippen LogP contribution in [0.3, 0.4) is 0 Å². The molecule has 0 spiro atoms. The van der Waals surface area contributed by atoms with E-state index in [0.717, 1.165) is 50.5 Å². The van der Waals surface area contributed by atoms with Gasteiger partial charge in [-0.05, 0) is 43.5 Å². The summed E-state index contributed by atoms with van der Waals surface area (Å²) >= 11 is 0. The van der Waals surface area contributed by atoms with E-state index in [4.69, 9.17) is 14.2 Å². The molecular formula is C16H25NO3. The largest absolute Gasteiger partial charge is 0.497 e. The molecule has 1 aliphatic heterocycles. The third kappa shape index (κ3) is 4.47. The van der Waals surface area contributed by atoms with Crippen molar-refractivity contribution in [2.75, 3.05) is 40.5 Å². The van der Waals surface area contributed by atoms with E-state index in [1.807, 2.05) is 25.2 Å². The minimum absolute atomic E-state index is 0.0675. The lowest BCUT2D eigenvalue weighted by atomic mass is 10.0. The first kappa shape index (κ1) is 15.3. The Hall–Kier alpha value is -1.10. The minimum Gasteiger partial charge on any atom is -0.497 e.